The van der Waals surface area contributed by atoms with Gasteiger partial charge in [-0.1, -0.05) is 28.1 Å². The molecule has 0 radical (unpaired) electrons. The second-order valence-corrected chi connectivity index (χ2v) is 6.24. The Morgan fingerprint density at radius 1 is 1.20 bits per heavy atom. The van der Waals surface area contributed by atoms with Crippen molar-refractivity contribution in [3.8, 4) is 5.75 Å². The van der Waals surface area contributed by atoms with E-state index in [1.54, 1.807) is 6.07 Å². The number of ether oxygens (including phenoxy) is 1. The zero-order valence-corrected chi connectivity index (χ0v) is 14.2. The molecule has 0 saturated heterocycles. The van der Waals surface area contributed by atoms with Gasteiger partial charge in [-0.2, -0.15) is 0 Å². The van der Waals surface area contributed by atoms with Crippen molar-refractivity contribution in [2.24, 2.45) is 5.73 Å². The summed E-state index contributed by atoms with van der Waals surface area (Å²) in [5, 5.41) is 0. The monoisotopic (exact) mass is 417 g/mol. The second kappa shape index (κ2) is 6.65. The molecule has 0 spiro atoms. The van der Waals surface area contributed by atoms with Gasteiger partial charge >= 0.3 is 0 Å². The summed E-state index contributed by atoms with van der Waals surface area (Å²) in [5.74, 6) is 0.310. The molecular weight excluding hydrogens is 409 g/mol. The van der Waals surface area contributed by atoms with Crippen LogP contribution >= 0.6 is 44.1 Å². The van der Waals surface area contributed by atoms with Crippen LogP contribution in [0.1, 0.15) is 11.1 Å². The van der Waals surface area contributed by atoms with Crippen molar-refractivity contribution in [1.29, 1.82) is 0 Å². The van der Waals surface area contributed by atoms with Gasteiger partial charge in [0.1, 0.15) is 23.2 Å². The molecule has 2 aromatic rings. The maximum Gasteiger partial charge on any atom is 0.134 e. The van der Waals surface area contributed by atoms with Crippen molar-refractivity contribution in [3.05, 3.63) is 62.3 Å². The molecule has 104 valence electrons. The highest BCUT2D eigenvalue weighted by atomic mass is 79.9. The molecule has 0 bridgehead atoms. The van der Waals surface area contributed by atoms with E-state index in [-0.39, 0.29) is 17.4 Å². The van der Waals surface area contributed by atoms with E-state index < -0.39 is 0 Å². The Morgan fingerprint density at radius 2 is 1.95 bits per heavy atom. The number of hydrogen-bond donors (Lipinski definition) is 1. The summed E-state index contributed by atoms with van der Waals surface area (Å²) in [6.07, 6.45) is 0. The Kier molecular flexibility index (Phi) is 5.12. The number of hydrogen-bond acceptors (Lipinski definition) is 2. The van der Waals surface area contributed by atoms with Gasteiger partial charge in [-0.3, -0.25) is 0 Å². The summed E-state index contributed by atoms with van der Waals surface area (Å²) in [6, 6.07) is 9.81. The van der Waals surface area contributed by atoms with Crippen LogP contribution in [0, 0.1) is 5.82 Å². The van der Waals surface area contributed by atoms with Gasteiger partial charge in [-0.25, -0.2) is 4.39 Å². The molecule has 0 saturated carbocycles. The van der Waals surface area contributed by atoms with Crippen LogP contribution in [0.3, 0.4) is 0 Å². The lowest BCUT2D eigenvalue weighted by molar-refractivity contribution is 0.303. The third-order valence-electron chi connectivity index (χ3n) is 2.61. The number of halogens is 3. The Bertz CT molecular complexity index is 664. The summed E-state index contributed by atoms with van der Waals surface area (Å²) < 4.78 is 20.7. The van der Waals surface area contributed by atoms with Gasteiger partial charge in [0.25, 0.3) is 0 Å². The first-order valence-corrected chi connectivity index (χ1v) is 7.63. The number of nitrogens with two attached hydrogens (primary N) is 1. The fraction of sp³-hybridized carbons (Fsp3) is 0.0714. The third-order valence-corrected chi connectivity index (χ3v) is 3.94. The topological polar surface area (TPSA) is 35.2 Å². The average molecular weight is 419 g/mol. The Labute approximate surface area is 138 Å². The molecule has 0 aliphatic carbocycles. The van der Waals surface area contributed by atoms with Crippen molar-refractivity contribution < 1.29 is 9.13 Å². The maximum atomic E-state index is 13.3. The molecule has 2 aromatic carbocycles. The highest BCUT2D eigenvalue weighted by Crippen LogP contribution is 2.29. The van der Waals surface area contributed by atoms with Crippen LogP contribution in [0.25, 0.3) is 0 Å². The summed E-state index contributed by atoms with van der Waals surface area (Å²) in [6.45, 7) is 0.185. The molecule has 0 heterocycles. The number of rotatable bonds is 4. The van der Waals surface area contributed by atoms with Crippen LogP contribution in [0.2, 0.25) is 0 Å². The van der Waals surface area contributed by atoms with Crippen LogP contribution in [-0.4, -0.2) is 4.99 Å². The molecule has 0 aliphatic heterocycles. The van der Waals surface area contributed by atoms with Crippen molar-refractivity contribution in [3.63, 3.8) is 0 Å². The largest absolute Gasteiger partial charge is 0.488 e. The van der Waals surface area contributed by atoms with Gasteiger partial charge in [-0.15, -0.1) is 0 Å². The van der Waals surface area contributed by atoms with Crippen molar-refractivity contribution in [2.45, 2.75) is 6.61 Å². The summed E-state index contributed by atoms with van der Waals surface area (Å²) in [7, 11) is 0. The van der Waals surface area contributed by atoms with Crippen molar-refractivity contribution >= 4 is 49.1 Å². The predicted molar refractivity (Wildman–Crippen MR) is 88.5 cm³/mol. The molecule has 0 fully saturated rings. The van der Waals surface area contributed by atoms with Gasteiger partial charge < -0.3 is 10.5 Å². The van der Waals surface area contributed by atoms with Gasteiger partial charge in [0, 0.05) is 15.6 Å². The molecule has 0 aromatic heterocycles. The normalized spacial score (nSPS) is 10.3. The molecule has 6 heteroatoms. The minimum absolute atomic E-state index is 0.185. The molecule has 20 heavy (non-hydrogen) atoms. The SMILES string of the molecule is NC(=S)c1ccc(F)cc1COc1ccc(Br)cc1Br. The van der Waals surface area contributed by atoms with Crippen LogP contribution in [0.4, 0.5) is 4.39 Å². The Morgan fingerprint density at radius 3 is 2.60 bits per heavy atom. The molecule has 2 rings (SSSR count). The average Bonchev–Trinajstić information content (AvgIpc) is 2.37. The summed E-state index contributed by atoms with van der Waals surface area (Å²) in [5.41, 5.74) is 6.86. The van der Waals surface area contributed by atoms with Gasteiger partial charge in [-0.05, 0) is 52.3 Å². The van der Waals surface area contributed by atoms with E-state index >= 15 is 0 Å². The first-order chi connectivity index (χ1) is 9.47. The predicted octanol–water partition coefficient (Wildman–Crippen LogP) is 4.56. The van der Waals surface area contributed by atoms with E-state index in [2.05, 4.69) is 31.9 Å². The zero-order valence-electron chi connectivity index (χ0n) is 10.2. The maximum absolute atomic E-state index is 13.3. The van der Waals surface area contributed by atoms with E-state index in [4.69, 9.17) is 22.7 Å². The van der Waals surface area contributed by atoms with Crippen LogP contribution in [0.5, 0.6) is 5.75 Å². The van der Waals surface area contributed by atoms with E-state index in [1.807, 2.05) is 18.2 Å². The lowest BCUT2D eigenvalue weighted by atomic mass is 10.1. The lowest BCUT2D eigenvalue weighted by Crippen LogP contribution is -2.14. The first kappa shape index (κ1) is 15.4. The fourth-order valence-electron chi connectivity index (χ4n) is 1.67. The minimum Gasteiger partial charge on any atom is -0.488 e. The van der Waals surface area contributed by atoms with Gasteiger partial charge in [0.05, 0.1) is 4.47 Å². The molecule has 0 aliphatic rings. The molecule has 0 unspecified atom stereocenters. The third kappa shape index (κ3) is 3.77. The van der Waals surface area contributed by atoms with Crippen LogP contribution < -0.4 is 10.5 Å². The summed E-state index contributed by atoms with van der Waals surface area (Å²) >= 11 is 11.7. The highest BCUT2D eigenvalue weighted by Gasteiger charge is 2.09. The van der Waals surface area contributed by atoms with Crippen LogP contribution in [-0.2, 0) is 6.61 Å². The highest BCUT2D eigenvalue weighted by molar-refractivity contribution is 9.11. The number of benzene rings is 2. The quantitative estimate of drug-likeness (QED) is 0.739. The molecule has 0 amide bonds. The van der Waals surface area contributed by atoms with E-state index in [0.717, 1.165) is 8.95 Å². The number of thiocarbonyl (C=S) groups is 1. The van der Waals surface area contributed by atoms with Gasteiger partial charge in [0.15, 0.2) is 0 Å². The zero-order chi connectivity index (χ0) is 14.7. The Hall–Kier alpha value is -0.980. The van der Waals surface area contributed by atoms with Crippen molar-refractivity contribution in [1.82, 2.24) is 0 Å². The Balaban J connectivity index is 2.22. The molecule has 2 N–H and O–H groups in total. The van der Waals surface area contributed by atoms with Crippen LogP contribution in [0.15, 0.2) is 45.3 Å². The second-order valence-electron chi connectivity index (χ2n) is 4.03. The minimum atomic E-state index is -0.349. The standard InChI is InChI=1S/C14H10Br2FNOS/c15-9-1-4-13(12(16)6-9)19-7-8-5-10(17)2-3-11(8)14(18)20/h1-6H,7H2,(H2,18,20). The smallest absolute Gasteiger partial charge is 0.134 e. The van der Waals surface area contributed by atoms with E-state index in [0.29, 0.717) is 16.9 Å². The van der Waals surface area contributed by atoms with E-state index in [9.17, 15) is 4.39 Å². The van der Waals surface area contributed by atoms with Gasteiger partial charge in [0.2, 0.25) is 0 Å². The fourth-order valence-corrected chi connectivity index (χ4v) is 3.03. The molecular formula is C14H10Br2FNOS. The first-order valence-electron chi connectivity index (χ1n) is 5.63. The molecule has 2 nitrogen and oxygen atoms in total. The molecule has 0 atom stereocenters. The van der Waals surface area contributed by atoms with E-state index in [1.165, 1.54) is 12.1 Å². The lowest BCUT2D eigenvalue weighted by Gasteiger charge is -2.12. The van der Waals surface area contributed by atoms with Crippen molar-refractivity contribution in [2.75, 3.05) is 0 Å². The summed E-state index contributed by atoms with van der Waals surface area (Å²) in [4.78, 5) is 0.221.